The van der Waals surface area contributed by atoms with Crippen LogP contribution in [0.1, 0.15) is 5.56 Å². The first kappa shape index (κ1) is 12.4. The van der Waals surface area contributed by atoms with Gasteiger partial charge in [-0.3, -0.25) is 0 Å². The molecule has 0 spiro atoms. The maximum atomic E-state index is 5.78. The van der Waals surface area contributed by atoms with Gasteiger partial charge in [-0.2, -0.15) is 0 Å². The Balaban J connectivity index is 2.25. The van der Waals surface area contributed by atoms with E-state index in [2.05, 4.69) is 38.7 Å². The number of halogens is 1. The second kappa shape index (κ2) is 4.79. The van der Waals surface area contributed by atoms with E-state index in [1.165, 1.54) is 0 Å². The summed E-state index contributed by atoms with van der Waals surface area (Å²) in [7, 11) is 2.03. The van der Waals surface area contributed by atoms with E-state index in [9.17, 15) is 0 Å². The van der Waals surface area contributed by atoms with Crippen LogP contribution in [0.4, 0.5) is 0 Å². The average Bonchev–Trinajstić information content (AvgIpc) is 2.77. The van der Waals surface area contributed by atoms with Crippen LogP contribution >= 0.6 is 15.9 Å². The molecule has 1 aromatic heterocycles. The van der Waals surface area contributed by atoms with Crippen LogP contribution in [0.15, 0.2) is 46.9 Å². The van der Waals surface area contributed by atoms with Crippen LogP contribution in [0, 0.1) is 0 Å². The monoisotopic (exact) mass is 315 g/mol. The summed E-state index contributed by atoms with van der Waals surface area (Å²) in [6.45, 7) is 0.508. The van der Waals surface area contributed by atoms with Crippen molar-refractivity contribution in [1.29, 1.82) is 0 Å². The zero-order valence-electron chi connectivity index (χ0n) is 10.6. The minimum atomic E-state index is 0.508. The van der Waals surface area contributed by atoms with Crippen molar-refractivity contribution in [3.63, 3.8) is 0 Å². The number of hydrogen-bond acceptors (Lipinski definition) is 2. The Labute approximate surface area is 120 Å². The Hall–Kier alpha value is -1.65. The van der Waals surface area contributed by atoms with Crippen LogP contribution in [0.3, 0.4) is 0 Å². The lowest BCUT2D eigenvalue weighted by atomic mass is 10.2. The molecule has 3 aromatic rings. The predicted octanol–water partition coefficient (Wildman–Crippen LogP) is 3.46. The zero-order chi connectivity index (χ0) is 13.4. The van der Waals surface area contributed by atoms with Crippen molar-refractivity contribution in [2.75, 3.05) is 0 Å². The molecule has 0 saturated heterocycles. The van der Waals surface area contributed by atoms with E-state index in [0.717, 1.165) is 32.5 Å². The van der Waals surface area contributed by atoms with Gasteiger partial charge in [0.05, 0.1) is 11.0 Å². The molecule has 0 radical (unpaired) electrons. The molecule has 3 nitrogen and oxygen atoms in total. The molecule has 0 atom stereocenters. The Morgan fingerprint density at radius 2 is 1.89 bits per heavy atom. The fraction of sp³-hybridized carbons (Fsp3) is 0.133. The number of aromatic nitrogens is 2. The van der Waals surface area contributed by atoms with Crippen LogP contribution in [0.2, 0.25) is 0 Å². The van der Waals surface area contributed by atoms with Crippen LogP contribution in [-0.4, -0.2) is 9.55 Å². The number of nitrogens with two attached hydrogens (primary N) is 1. The fourth-order valence-electron chi connectivity index (χ4n) is 2.29. The number of para-hydroxylation sites is 1. The van der Waals surface area contributed by atoms with Gasteiger partial charge in [0.25, 0.3) is 0 Å². The lowest BCUT2D eigenvalue weighted by Crippen LogP contribution is -1.97. The van der Waals surface area contributed by atoms with E-state index in [-0.39, 0.29) is 0 Å². The highest BCUT2D eigenvalue weighted by molar-refractivity contribution is 9.10. The van der Waals surface area contributed by atoms with Gasteiger partial charge in [0, 0.05) is 23.6 Å². The maximum absolute atomic E-state index is 5.78. The highest BCUT2D eigenvalue weighted by Gasteiger charge is 2.11. The van der Waals surface area contributed by atoms with Crippen LogP contribution in [0.25, 0.3) is 22.4 Å². The lowest BCUT2D eigenvalue weighted by Gasteiger charge is -2.02. The summed E-state index contributed by atoms with van der Waals surface area (Å²) in [5.74, 6) is 0.961. The molecule has 3 rings (SSSR count). The van der Waals surface area contributed by atoms with Crippen molar-refractivity contribution in [2.45, 2.75) is 6.54 Å². The molecule has 0 saturated carbocycles. The summed E-state index contributed by atoms with van der Waals surface area (Å²) in [5.41, 5.74) is 10.1. The molecule has 0 bridgehead atoms. The average molecular weight is 316 g/mol. The SMILES string of the molecule is Cn1c(-c2ccc(Br)cc2)nc2c(CN)cccc21. The zero-order valence-corrected chi connectivity index (χ0v) is 12.2. The number of rotatable bonds is 2. The first-order valence-electron chi connectivity index (χ1n) is 6.11. The molecule has 0 aliphatic rings. The summed E-state index contributed by atoms with van der Waals surface area (Å²) in [6.07, 6.45) is 0. The molecule has 0 aliphatic carbocycles. The van der Waals surface area contributed by atoms with Gasteiger partial charge in [0.1, 0.15) is 5.82 Å². The molecule has 0 unspecified atom stereocenters. The van der Waals surface area contributed by atoms with Crippen molar-refractivity contribution >= 4 is 27.0 Å². The molecule has 0 fully saturated rings. The van der Waals surface area contributed by atoms with E-state index < -0.39 is 0 Å². The molecule has 1 heterocycles. The first-order chi connectivity index (χ1) is 9.20. The van der Waals surface area contributed by atoms with E-state index in [4.69, 9.17) is 10.7 Å². The summed E-state index contributed by atoms with van der Waals surface area (Å²) in [5, 5.41) is 0. The molecule has 96 valence electrons. The number of benzene rings is 2. The highest BCUT2D eigenvalue weighted by Crippen LogP contribution is 2.26. The van der Waals surface area contributed by atoms with Crippen LogP contribution < -0.4 is 5.73 Å². The molecular weight excluding hydrogens is 302 g/mol. The van der Waals surface area contributed by atoms with Gasteiger partial charge in [-0.25, -0.2) is 4.98 Å². The van der Waals surface area contributed by atoms with E-state index in [0.29, 0.717) is 6.54 Å². The smallest absolute Gasteiger partial charge is 0.140 e. The molecule has 4 heteroatoms. The molecule has 2 aromatic carbocycles. The minimum Gasteiger partial charge on any atom is -0.327 e. The highest BCUT2D eigenvalue weighted by atomic mass is 79.9. The summed E-state index contributed by atoms with van der Waals surface area (Å²) < 4.78 is 3.18. The Morgan fingerprint density at radius 1 is 1.16 bits per heavy atom. The Kier molecular flexibility index (Phi) is 3.12. The number of hydrogen-bond donors (Lipinski definition) is 1. The lowest BCUT2D eigenvalue weighted by molar-refractivity contribution is 0.959. The van der Waals surface area contributed by atoms with Gasteiger partial charge in [-0.1, -0.05) is 40.2 Å². The normalized spacial score (nSPS) is 11.1. The van der Waals surface area contributed by atoms with E-state index in [1.807, 2.05) is 31.3 Å². The van der Waals surface area contributed by atoms with Gasteiger partial charge < -0.3 is 10.3 Å². The summed E-state index contributed by atoms with van der Waals surface area (Å²) in [4.78, 5) is 4.75. The predicted molar refractivity (Wildman–Crippen MR) is 81.7 cm³/mol. The van der Waals surface area contributed by atoms with Crippen LogP contribution in [-0.2, 0) is 13.6 Å². The summed E-state index contributed by atoms with van der Waals surface area (Å²) in [6, 6.07) is 14.3. The number of fused-ring (bicyclic) bond motifs is 1. The van der Waals surface area contributed by atoms with Crippen molar-refractivity contribution in [1.82, 2.24) is 9.55 Å². The van der Waals surface area contributed by atoms with Gasteiger partial charge in [-0.05, 0) is 23.8 Å². The minimum absolute atomic E-state index is 0.508. The van der Waals surface area contributed by atoms with E-state index in [1.54, 1.807) is 0 Å². The first-order valence-corrected chi connectivity index (χ1v) is 6.90. The van der Waals surface area contributed by atoms with Gasteiger partial charge >= 0.3 is 0 Å². The molecule has 2 N–H and O–H groups in total. The van der Waals surface area contributed by atoms with Gasteiger partial charge in [-0.15, -0.1) is 0 Å². The fourth-order valence-corrected chi connectivity index (χ4v) is 2.56. The number of imidazole rings is 1. The topological polar surface area (TPSA) is 43.8 Å². The van der Waals surface area contributed by atoms with Crippen molar-refractivity contribution in [2.24, 2.45) is 12.8 Å². The maximum Gasteiger partial charge on any atom is 0.140 e. The quantitative estimate of drug-likeness (QED) is 0.787. The Bertz CT molecular complexity index is 729. The van der Waals surface area contributed by atoms with Gasteiger partial charge in [0.15, 0.2) is 0 Å². The van der Waals surface area contributed by atoms with Crippen molar-refractivity contribution in [3.05, 3.63) is 52.5 Å². The number of nitrogens with zero attached hydrogens (tertiary/aromatic N) is 2. The Morgan fingerprint density at radius 3 is 2.58 bits per heavy atom. The largest absolute Gasteiger partial charge is 0.327 e. The van der Waals surface area contributed by atoms with Crippen molar-refractivity contribution in [3.8, 4) is 11.4 Å². The second-order valence-corrected chi connectivity index (χ2v) is 5.41. The molecule has 19 heavy (non-hydrogen) atoms. The number of aryl methyl sites for hydroxylation is 1. The van der Waals surface area contributed by atoms with E-state index >= 15 is 0 Å². The molecule has 0 amide bonds. The molecular formula is C15H14BrN3. The second-order valence-electron chi connectivity index (χ2n) is 4.49. The third-order valence-corrected chi connectivity index (χ3v) is 3.85. The van der Waals surface area contributed by atoms with Gasteiger partial charge in [0.2, 0.25) is 0 Å². The molecule has 0 aliphatic heterocycles. The third-order valence-electron chi connectivity index (χ3n) is 3.32. The third kappa shape index (κ3) is 2.07. The van der Waals surface area contributed by atoms with Crippen LogP contribution in [0.5, 0.6) is 0 Å². The van der Waals surface area contributed by atoms with Crippen molar-refractivity contribution < 1.29 is 0 Å². The standard InChI is InChI=1S/C15H14BrN3/c1-19-13-4-2-3-11(9-17)14(13)18-15(19)10-5-7-12(16)8-6-10/h2-8H,9,17H2,1H3. The summed E-state index contributed by atoms with van der Waals surface area (Å²) >= 11 is 3.45.